The molecule has 0 aliphatic rings. The van der Waals surface area contributed by atoms with E-state index in [4.69, 9.17) is 5.11 Å². The van der Waals surface area contributed by atoms with Crippen LogP contribution in [0, 0.1) is 0 Å². The maximum absolute atomic E-state index is 10.7. The molecule has 0 heterocycles. The van der Waals surface area contributed by atoms with E-state index in [1.165, 1.54) is 51.4 Å². The van der Waals surface area contributed by atoms with Crippen molar-refractivity contribution < 1.29 is 9.90 Å². The average Bonchev–Trinajstić information content (AvgIpc) is 2.31. The van der Waals surface area contributed by atoms with Crippen LogP contribution in [-0.2, 0) is 4.79 Å². The van der Waals surface area contributed by atoms with Gasteiger partial charge in [0.1, 0.15) is 0 Å². The van der Waals surface area contributed by atoms with E-state index in [0.717, 1.165) is 12.8 Å². The highest BCUT2D eigenvalue weighted by atomic mass is 16.4. The number of carbonyl (C=O) groups is 1. The molecule has 0 unspecified atom stereocenters. The molecule has 0 radical (unpaired) electrons. The molecule has 0 atom stereocenters. The molecule has 0 aromatic heterocycles. The Kier molecular flexibility index (Phi) is 11.1. The van der Waals surface area contributed by atoms with Crippen molar-refractivity contribution >= 4 is 5.97 Å². The summed E-state index contributed by atoms with van der Waals surface area (Å²) in [4.78, 5) is 10.7. The summed E-state index contributed by atoms with van der Waals surface area (Å²) in [5, 5.41) is 8.83. The number of carboxylic acid groups (broad SMARTS) is 1. The van der Waals surface area contributed by atoms with Gasteiger partial charge in [0.25, 0.3) is 0 Å². The highest BCUT2D eigenvalue weighted by molar-refractivity contribution is 5.86. The van der Waals surface area contributed by atoms with Crippen LogP contribution in [0.1, 0.15) is 78.1 Å². The molecule has 2 nitrogen and oxygen atoms in total. The lowest BCUT2D eigenvalue weighted by Crippen LogP contribution is -1.99. The highest BCUT2D eigenvalue weighted by Crippen LogP contribution is 2.13. The Morgan fingerprint density at radius 3 is 1.82 bits per heavy atom. The zero-order valence-electron chi connectivity index (χ0n) is 11.5. The summed E-state index contributed by atoms with van der Waals surface area (Å²) in [7, 11) is 0. The van der Waals surface area contributed by atoms with Crippen molar-refractivity contribution in [3.8, 4) is 0 Å². The van der Waals surface area contributed by atoms with Crippen LogP contribution in [-0.4, -0.2) is 11.1 Å². The zero-order valence-corrected chi connectivity index (χ0v) is 11.5. The zero-order chi connectivity index (χ0) is 12.9. The topological polar surface area (TPSA) is 37.3 Å². The number of hydrogen-bond acceptors (Lipinski definition) is 1. The molecule has 2 heteroatoms. The average molecular weight is 240 g/mol. The maximum Gasteiger partial charge on any atom is 0.331 e. The molecule has 100 valence electrons. The summed E-state index contributed by atoms with van der Waals surface area (Å²) in [6.45, 7) is 4.04. The Balaban J connectivity index is 3.26. The molecule has 17 heavy (non-hydrogen) atoms. The third kappa shape index (κ3) is 10.1. The van der Waals surface area contributed by atoms with Gasteiger partial charge in [-0.2, -0.15) is 0 Å². The van der Waals surface area contributed by atoms with Crippen molar-refractivity contribution in [2.45, 2.75) is 78.1 Å². The van der Waals surface area contributed by atoms with Gasteiger partial charge >= 0.3 is 5.97 Å². The van der Waals surface area contributed by atoms with Gasteiger partial charge in [0, 0.05) is 5.57 Å². The largest absolute Gasteiger partial charge is 0.478 e. The Morgan fingerprint density at radius 2 is 1.41 bits per heavy atom. The standard InChI is InChI=1S/C15H28O2/c1-3-5-6-7-8-9-10-11-12-13-14(4-2)15(16)17/h4H,3,5-13H2,1-2H3,(H,16,17). The summed E-state index contributed by atoms with van der Waals surface area (Å²) in [5.74, 6) is -0.757. The molecule has 0 saturated carbocycles. The third-order valence-corrected chi connectivity index (χ3v) is 3.17. The minimum Gasteiger partial charge on any atom is -0.478 e. The molecule has 0 rings (SSSR count). The SMILES string of the molecule is CC=C(CCCCCCCCCCC)C(=O)O. The van der Waals surface area contributed by atoms with E-state index in [1.807, 2.05) is 0 Å². The van der Waals surface area contributed by atoms with Crippen molar-refractivity contribution in [1.82, 2.24) is 0 Å². The van der Waals surface area contributed by atoms with E-state index in [2.05, 4.69) is 6.92 Å². The fourth-order valence-electron chi connectivity index (χ4n) is 2.00. The maximum atomic E-state index is 10.7. The van der Waals surface area contributed by atoms with Crippen LogP contribution in [0.5, 0.6) is 0 Å². The van der Waals surface area contributed by atoms with E-state index in [1.54, 1.807) is 13.0 Å². The Labute approximate surface area is 106 Å². The van der Waals surface area contributed by atoms with Crippen molar-refractivity contribution in [2.75, 3.05) is 0 Å². The number of aliphatic carboxylic acids is 1. The van der Waals surface area contributed by atoms with E-state index in [-0.39, 0.29) is 0 Å². The predicted molar refractivity (Wildman–Crippen MR) is 73.2 cm³/mol. The summed E-state index contributed by atoms with van der Waals surface area (Å²) in [6.07, 6.45) is 13.9. The molecule has 0 aromatic carbocycles. The van der Waals surface area contributed by atoms with E-state index in [0.29, 0.717) is 5.57 Å². The van der Waals surface area contributed by atoms with Crippen LogP contribution in [0.2, 0.25) is 0 Å². The molecule has 0 saturated heterocycles. The van der Waals surface area contributed by atoms with Crippen LogP contribution < -0.4 is 0 Å². The van der Waals surface area contributed by atoms with Gasteiger partial charge < -0.3 is 5.11 Å². The van der Waals surface area contributed by atoms with Gasteiger partial charge in [0.05, 0.1) is 0 Å². The lowest BCUT2D eigenvalue weighted by Gasteiger charge is -2.03. The van der Waals surface area contributed by atoms with Gasteiger partial charge in [-0.3, -0.25) is 0 Å². The van der Waals surface area contributed by atoms with E-state index < -0.39 is 5.97 Å². The number of allylic oxidation sites excluding steroid dienone is 1. The first-order chi connectivity index (χ1) is 8.22. The van der Waals surface area contributed by atoms with Crippen LogP contribution >= 0.6 is 0 Å². The molecule has 0 aliphatic carbocycles. The second-order valence-corrected chi connectivity index (χ2v) is 4.70. The fraction of sp³-hybridized carbons (Fsp3) is 0.800. The number of unbranched alkanes of at least 4 members (excludes halogenated alkanes) is 8. The number of carboxylic acids is 1. The van der Waals surface area contributed by atoms with Crippen LogP contribution in [0.15, 0.2) is 11.6 Å². The van der Waals surface area contributed by atoms with Gasteiger partial charge in [0.2, 0.25) is 0 Å². The lowest BCUT2D eigenvalue weighted by molar-refractivity contribution is -0.132. The van der Waals surface area contributed by atoms with Gasteiger partial charge in [0.15, 0.2) is 0 Å². The minimum absolute atomic E-state index is 0.563. The Morgan fingerprint density at radius 1 is 0.941 bits per heavy atom. The third-order valence-electron chi connectivity index (χ3n) is 3.17. The first-order valence-corrected chi connectivity index (χ1v) is 7.10. The molecule has 0 bridgehead atoms. The summed E-state index contributed by atoms with van der Waals surface area (Å²) >= 11 is 0. The van der Waals surface area contributed by atoms with Gasteiger partial charge in [-0.05, 0) is 19.8 Å². The molecule has 0 fully saturated rings. The molecular formula is C15H28O2. The summed E-state index contributed by atoms with van der Waals surface area (Å²) in [6, 6.07) is 0. The predicted octanol–water partition coefficient (Wildman–Crippen LogP) is 4.94. The van der Waals surface area contributed by atoms with E-state index in [9.17, 15) is 4.79 Å². The molecule has 0 aliphatic heterocycles. The van der Waals surface area contributed by atoms with Gasteiger partial charge in [-0.25, -0.2) is 4.79 Å². The molecule has 1 N–H and O–H groups in total. The Bertz CT molecular complexity index is 219. The highest BCUT2D eigenvalue weighted by Gasteiger charge is 2.04. The van der Waals surface area contributed by atoms with Crippen molar-refractivity contribution in [1.29, 1.82) is 0 Å². The second kappa shape index (κ2) is 11.7. The molecule has 0 aromatic rings. The lowest BCUT2D eigenvalue weighted by atomic mass is 10.0. The van der Waals surface area contributed by atoms with E-state index >= 15 is 0 Å². The second-order valence-electron chi connectivity index (χ2n) is 4.70. The first kappa shape index (κ1) is 16.2. The van der Waals surface area contributed by atoms with Gasteiger partial charge in [-0.1, -0.05) is 64.4 Å². The van der Waals surface area contributed by atoms with Crippen molar-refractivity contribution in [2.24, 2.45) is 0 Å². The van der Waals surface area contributed by atoms with Crippen LogP contribution in [0.4, 0.5) is 0 Å². The fourth-order valence-corrected chi connectivity index (χ4v) is 2.00. The molecule has 0 spiro atoms. The summed E-state index contributed by atoms with van der Waals surface area (Å²) < 4.78 is 0. The number of hydrogen-bond donors (Lipinski definition) is 1. The first-order valence-electron chi connectivity index (χ1n) is 7.10. The monoisotopic (exact) mass is 240 g/mol. The Hall–Kier alpha value is -0.790. The molecular weight excluding hydrogens is 212 g/mol. The minimum atomic E-state index is -0.757. The van der Waals surface area contributed by atoms with Crippen molar-refractivity contribution in [3.63, 3.8) is 0 Å². The van der Waals surface area contributed by atoms with Crippen LogP contribution in [0.25, 0.3) is 0 Å². The van der Waals surface area contributed by atoms with Gasteiger partial charge in [-0.15, -0.1) is 0 Å². The van der Waals surface area contributed by atoms with Crippen LogP contribution in [0.3, 0.4) is 0 Å². The normalized spacial score (nSPS) is 11.8. The quantitative estimate of drug-likeness (QED) is 0.410. The molecule has 0 amide bonds. The smallest absolute Gasteiger partial charge is 0.331 e. The summed E-state index contributed by atoms with van der Waals surface area (Å²) in [5.41, 5.74) is 0.563. The van der Waals surface area contributed by atoms with Crippen molar-refractivity contribution in [3.05, 3.63) is 11.6 Å². The number of rotatable bonds is 11.